The van der Waals surface area contributed by atoms with E-state index in [1.54, 1.807) is 0 Å². The molecular formula is C50H78N4O2Zr+. The first kappa shape index (κ1) is 54.1. The molecule has 0 fully saturated rings. The molecule has 4 rings (SSSR count). The van der Waals surface area contributed by atoms with Crippen molar-refractivity contribution in [3.8, 4) is 22.5 Å². The maximum atomic E-state index is 10.6. The number of pyridine rings is 2. The molecule has 0 aliphatic rings. The summed E-state index contributed by atoms with van der Waals surface area (Å²) in [4.78, 5) is 9.69. The monoisotopic (exact) mass is 857 g/mol. The first-order valence-corrected chi connectivity index (χ1v) is 20.1. The van der Waals surface area contributed by atoms with Gasteiger partial charge in [0.1, 0.15) is 0 Å². The second kappa shape index (κ2) is 21.9. The molecular weight excluding hydrogens is 780 g/mol. The van der Waals surface area contributed by atoms with Crippen LogP contribution in [0.2, 0.25) is 0 Å². The molecule has 4 aromatic rings. The maximum absolute atomic E-state index is 10.6. The van der Waals surface area contributed by atoms with Crippen LogP contribution < -0.4 is 10.1 Å². The molecule has 0 saturated carbocycles. The van der Waals surface area contributed by atoms with Crippen molar-refractivity contribution in [1.82, 2.24) is 9.97 Å². The molecule has 2 aromatic carbocycles. The zero-order chi connectivity index (χ0) is 41.0. The van der Waals surface area contributed by atoms with E-state index in [4.69, 9.17) is 9.97 Å². The van der Waals surface area contributed by atoms with Crippen LogP contribution in [-0.2, 0) is 26.2 Å². The fourth-order valence-electron chi connectivity index (χ4n) is 6.55. The number of hydroxylamine groups is 2. The van der Waals surface area contributed by atoms with E-state index in [1.165, 1.54) is 54.6 Å². The van der Waals surface area contributed by atoms with Gasteiger partial charge in [0.15, 0.2) is 11.6 Å². The van der Waals surface area contributed by atoms with E-state index in [2.05, 4.69) is 119 Å². The largest absolute Gasteiger partial charge is 3.00 e. The quantitative estimate of drug-likeness (QED) is 0.122. The molecule has 57 heavy (non-hydrogen) atoms. The Morgan fingerprint density at radius 3 is 0.877 bits per heavy atom. The topological polar surface area (TPSA) is 72.7 Å². The predicted molar refractivity (Wildman–Crippen MR) is 245 cm³/mol. The third-order valence-corrected chi connectivity index (χ3v) is 9.95. The Balaban J connectivity index is 0.00000105. The van der Waals surface area contributed by atoms with E-state index in [-0.39, 0.29) is 41.1 Å². The summed E-state index contributed by atoms with van der Waals surface area (Å²) < 4.78 is 0. The Labute approximate surface area is 369 Å². The van der Waals surface area contributed by atoms with Crippen LogP contribution in [0.25, 0.3) is 22.5 Å². The second-order valence-corrected chi connectivity index (χ2v) is 18.8. The Hall–Kier alpha value is -2.86. The Morgan fingerprint density at radius 2 is 0.684 bits per heavy atom. The Bertz CT molecular complexity index is 1660. The molecule has 1 radical (unpaired) electrons. The number of nitrogens with zero attached hydrogens (tertiary/aromatic N) is 4. The molecule has 2 heterocycles. The standard InChI is InChI=1S/2C24H36N2O.2CH3.Zr/c2*1-15(2)18-13-19(16(3)4)23(20(14-18)17(5)6)21-11-10-12-22(25-21)26(27)24(7,8)9;;;/h2*10-17,27H,1-9H3;2*1H3;/q;;2*-1;+3. The van der Waals surface area contributed by atoms with Gasteiger partial charge in [-0.1, -0.05) is 119 Å². The van der Waals surface area contributed by atoms with Gasteiger partial charge in [-0.2, -0.15) is 0 Å². The van der Waals surface area contributed by atoms with Gasteiger partial charge in [0.05, 0.1) is 22.5 Å². The molecule has 7 heteroatoms. The van der Waals surface area contributed by atoms with Crippen LogP contribution in [0.3, 0.4) is 0 Å². The van der Waals surface area contributed by atoms with Crippen molar-refractivity contribution in [3.05, 3.63) is 109 Å². The summed E-state index contributed by atoms with van der Waals surface area (Å²) in [5.74, 6) is 3.73. The number of hydrogen-bond acceptors (Lipinski definition) is 6. The van der Waals surface area contributed by atoms with E-state index in [0.717, 1.165) is 11.4 Å². The van der Waals surface area contributed by atoms with Crippen LogP contribution in [0, 0.1) is 14.9 Å². The van der Waals surface area contributed by atoms with Gasteiger partial charge in [-0.3, -0.25) is 10.4 Å². The molecule has 2 aromatic heterocycles. The summed E-state index contributed by atoms with van der Waals surface area (Å²) in [6.07, 6.45) is 0. The third-order valence-electron chi connectivity index (χ3n) is 9.95. The molecule has 0 aliphatic carbocycles. The minimum absolute atomic E-state index is 0. The molecule has 2 N–H and O–H groups in total. The van der Waals surface area contributed by atoms with Crippen molar-refractivity contribution in [1.29, 1.82) is 0 Å². The summed E-state index contributed by atoms with van der Waals surface area (Å²) in [6.45, 7) is 38.7. The van der Waals surface area contributed by atoms with Gasteiger partial charge in [0, 0.05) is 11.1 Å². The molecule has 6 nitrogen and oxygen atoms in total. The van der Waals surface area contributed by atoms with Crippen molar-refractivity contribution in [2.45, 2.75) is 171 Å². The van der Waals surface area contributed by atoms with Gasteiger partial charge in [-0.25, -0.2) is 20.1 Å². The van der Waals surface area contributed by atoms with Gasteiger partial charge in [-0.15, -0.1) is 0 Å². The predicted octanol–water partition coefficient (Wildman–Crippen LogP) is 15.1. The van der Waals surface area contributed by atoms with Crippen molar-refractivity contribution in [2.75, 3.05) is 10.1 Å². The number of anilines is 2. The molecule has 313 valence electrons. The van der Waals surface area contributed by atoms with Crippen LogP contribution in [0.15, 0.2) is 60.7 Å². The van der Waals surface area contributed by atoms with Gasteiger partial charge in [0.25, 0.3) is 0 Å². The first-order valence-electron chi connectivity index (χ1n) is 20.1. The average Bonchev–Trinajstić information content (AvgIpc) is 3.09. The van der Waals surface area contributed by atoms with E-state index in [0.29, 0.717) is 47.1 Å². The molecule has 0 aliphatic heterocycles. The average molecular weight is 858 g/mol. The Morgan fingerprint density at radius 1 is 0.439 bits per heavy atom. The van der Waals surface area contributed by atoms with Gasteiger partial charge in [0.2, 0.25) is 0 Å². The summed E-state index contributed by atoms with van der Waals surface area (Å²) in [6, 6.07) is 21.2. The molecule has 0 saturated heterocycles. The van der Waals surface area contributed by atoms with Gasteiger partial charge < -0.3 is 14.9 Å². The number of benzene rings is 2. The molecule has 0 atom stereocenters. The molecule has 0 spiro atoms. The zero-order valence-corrected chi connectivity index (χ0v) is 41.9. The van der Waals surface area contributed by atoms with E-state index >= 15 is 0 Å². The molecule has 0 amide bonds. The van der Waals surface area contributed by atoms with Gasteiger partial charge in [-0.05, 0) is 135 Å². The fraction of sp³-hybridized carbons (Fsp3) is 0.520. The van der Waals surface area contributed by atoms with Crippen LogP contribution in [-0.4, -0.2) is 31.5 Å². The second-order valence-electron chi connectivity index (χ2n) is 18.8. The summed E-state index contributed by atoms with van der Waals surface area (Å²) >= 11 is 0. The smallest absolute Gasteiger partial charge is 0.358 e. The third kappa shape index (κ3) is 13.6. The Kier molecular flexibility index (Phi) is 20.8. The van der Waals surface area contributed by atoms with E-state index in [1.807, 2.05) is 65.8 Å². The van der Waals surface area contributed by atoms with Crippen molar-refractivity contribution in [3.63, 3.8) is 0 Å². The number of rotatable bonds is 10. The SMILES string of the molecule is CC(C)c1cc(C(C)C)c(-c2cccc(N(O)C(C)(C)C)n2)c(C(C)C)c1.CC(C)c1cc(C(C)C)c(-c2cccc(N(O)C(C)(C)C)n2)c(C(C)C)c1.[CH3-].[CH3-].[Zr+3]. The first-order chi connectivity index (χ1) is 24.9. The van der Waals surface area contributed by atoms with Crippen LogP contribution in [0.4, 0.5) is 11.6 Å². The number of hydrogen-bond donors (Lipinski definition) is 2. The van der Waals surface area contributed by atoms with Crippen LogP contribution >= 0.6 is 0 Å². The minimum atomic E-state index is -0.408. The molecule has 0 bridgehead atoms. The number of aromatic nitrogens is 2. The molecule has 0 unspecified atom stereocenters. The van der Waals surface area contributed by atoms with E-state index in [9.17, 15) is 10.4 Å². The summed E-state index contributed by atoms with van der Waals surface area (Å²) in [5, 5.41) is 23.7. The normalized spacial score (nSPS) is 11.7. The summed E-state index contributed by atoms with van der Waals surface area (Å²) in [5.41, 5.74) is 11.5. The fourth-order valence-corrected chi connectivity index (χ4v) is 6.55. The maximum Gasteiger partial charge on any atom is 3.00 e. The zero-order valence-electron chi connectivity index (χ0n) is 39.4. The summed E-state index contributed by atoms with van der Waals surface area (Å²) in [7, 11) is 0. The van der Waals surface area contributed by atoms with Crippen molar-refractivity contribution < 1.29 is 36.6 Å². The minimum Gasteiger partial charge on any atom is -0.358 e. The van der Waals surface area contributed by atoms with Crippen LogP contribution in [0.5, 0.6) is 0 Å². The van der Waals surface area contributed by atoms with Crippen LogP contribution in [0.1, 0.15) is 194 Å². The van der Waals surface area contributed by atoms with Gasteiger partial charge >= 0.3 is 26.2 Å². The van der Waals surface area contributed by atoms with E-state index < -0.39 is 11.1 Å². The van der Waals surface area contributed by atoms with Crippen molar-refractivity contribution in [2.24, 2.45) is 0 Å². The van der Waals surface area contributed by atoms with Crippen molar-refractivity contribution >= 4 is 11.6 Å².